The Hall–Kier alpha value is -4.38. The molecule has 1 aromatic carbocycles. The van der Waals surface area contributed by atoms with Crippen molar-refractivity contribution in [1.82, 2.24) is 15.2 Å². The maximum absolute atomic E-state index is 13.3. The van der Waals surface area contributed by atoms with Crippen molar-refractivity contribution in [2.24, 2.45) is 0 Å². The second-order valence-corrected chi connectivity index (χ2v) is 10.1. The van der Waals surface area contributed by atoms with Crippen molar-refractivity contribution >= 4 is 29.2 Å². The quantitative estimate of drug-likeness (QED) is 0.408. The molecule has 1 unspecified atom stereocenters. The van der Waals surface area contributed by atoms with Gasteiger partial charge in [0.25, 0.3) is 11.8 Å². The van der Waals surface area contributed by atoms with Crippen LogP contribution in [0.2, 0.25) is 0 Å². The lowest BCUT2D eigenvalue weighted by Crippen LogP contribution is -2.48. The lowest BCUT2D eigenvalue weighted by molar-refractivity contribution is -0.129. The number of aromatic nitrogens is 1. The summed E-state index contributed by atoms with van der Waals surface area (Å²) in [5, 5.41) is 5.80. The molecule has 5 rings (SSSR count). The molecule has 1 saturated heterocycles. The molecule has 2 aliphatic heterocycles. The molecule has 11 heteroatoms. The highest BCUT2D eigenvalue weighted by Crippen LogP contribution is 2.30. The van der Waals surface area contributed by atoms with Gasteiger partial charge in [0.2, 0.25) is 11.8 Å². The van der Waals surface area contributed by atoms with Crippen LogP contribution in [0.4, 0.5) is 11.5 Å². The molecular formula is C30H35N5O6. The Bertz CT molecular complexity index is 1400. The van der Waals surface area contributed by atoms with Crippen LogP contribution in [0.3, 0.4) is 0 Å². The smallest absolute Gasteiger partial charge is 0.259 e. The van der Waals surface area contributed by atoms with E-state index in [1.54, 1.807) is 24.0 Å². The van der Waals surface area contributed by atoms with Crippen molar-refractivity contribution < 1.29 is 28.3 Å². The number of piperazine rings is 1. The summed E-state index contributed by atoms with van der Waals surface area (Å²) in [6.45, 7) is 8.63. The molecule has 2 aromatic heterocycles. The molecule has 41 heavy (non-hydrogen) atoms. The summed E-state index contributed by atoms with van der Waals surface area (Å²) in [6.07, 6.45) is 1.45. The second-order valence-electron chi connectivity index (χ2n) is 10.1. The van der Waals surface area contributed by atoms with Gasteiger partial charge in [0.1, 0.15) is 23.5 Å². The standard InChI is InChI=1S/C30H35N5O6/c1-4-39-30-23(10-11-26(33-30)35-14-12-34(13-15-35)20(3)36)31-28(37)22-18-41-25-16-24(32-29(38)27(22)25)19(2)40-17-21-8-6-5-7-9-21/h5-11,18-19,24H,4,12-17H2,1-3H3,(H,31,37)(H,32,38)/t19-,24?/m1/s1. The van der Waals surface area contributed by atoms with E-state index in [2.05, 4.69) is 20.5 Å². The number of benzene rings is 1. The third-order valence-corrected chi connectivity index (χ3v) is 7.41. The van der Waals surface area contributed by atoms with E-state index in [4.69, 9.17) is 13.9 Å². The molecule has 0 aliphatic carbocycles. The van der Waals surface area contributed by atoms with E-state index < -0.39 is 5.91 Å². The average Bonchev–Trinajstić information content (AvgIpc) is 3.42. The molecule has 11 nitrogen and oxygen atoms in total. The van der Waals surface area contributed by atoms with Crippen LogP contribution in [-0.2, 0) is 22.6 Å². The monoisotopic (exact) mass is 561 g/mol. The van der Waals surface area contributed by atoms with Gasteiger partial charge >= 0.3 is 0 Å². The van der Waals surface area contributed by atoms with Gasteiger partial charge in [-0.2, -0.15) is 4.98 Å². The highest BCUT2D eigenvalue weighted by atomic mass is 16.5. The van der Waals surface area contributed by atoms with Crippen LogP contribution in [0.1, 0.15) is 52.8 Å². The predicted octanol–water partition coefficient (Wildman–Crippen LogP) is 3.25. The Balaban J connectivity index is 1.25. The van der Waals surface area contributed by atoms with Crippen molar-refractivity contribution in [3.8, 4) is 5.88 Å². The van der Waals surface area contributed by atoms with Gasteiger partial charge in [0.15, 0.2) is 0 Å². The van der Waals surface area contributed by atoms with E-state index in [0.29, 0.717) is 63.1 Å². The molecule has 0 saturated carbocycles. The summed E-state index contributed by atoms with van der Waals surface area (Å²) in [4.78, 5) is 46.6. The number of furan rings is 1. The van der Waals surface area contributed by atoms with E-state index in [1.807, 2.05) is 44.2 Å². The molecule has 2 aliphatic rings. The van der Waals surface area contributed by atoms with Gasteiger partial charge in [-0.3, -0.25) is 14.4 Å². The Kier molecular flexibility index (Phi) is 8.53. The number of nitrogens with one attached hydrogen (secondary N) is 2. The van der Waals surface area contributed by atoms with Gasteiger partial charge < -0.3 is 34.3 Å². The number of ether oxygens (including phenoxy) is 2. The fourth-order valence-corrected chi connectivity index (χ4v) is 5.05. The fraction of sp³-hybridized carbons (Fsp3) is 0.400. The number of amides is 3. The minimum atomic E-state index is -0.498. The Morgan fingerprint density at radius 2 is 1.90 bits per heavy atom. The number of nitrogens with zero attached hydrogens (tertiary/aromatic N) is 3. The summed E-state index contributed by atoms with van der Waals surface area (Å²) in [7, 11) is 0. The van der Waals surface area contributed by atoms with Crippen LogP contribution < -0.4 is 20.3 Å². The van der Waals surface area contributed by atoms with Gasteiger partial charge in [-0.1, -0.05) is 30.3 Å². The highest BCUT2D eigenvalue weighted by molar-refractivity contribution is 6.13. The molecular weight excluding hydrogens is 526 g/mol. The predicted molar refractivity (Wildman–Crippen MR) is 152 cm³/mol. The Morgan fingerprint density at radius 3 is 2.61 bits per heavy atom. The maximum atomic E-state index is 13.3. The number of hydrogen-bond donors (Lipinski definition) is 2. The van der Waals surface area contributed by atoms with Crippen molar-refractivity contribution in [3.05, 3.63) is 71.2 Å². The first-order valence-corrected chi connectivity index (χ1v) is 13.9. The van der Waals surface area contributed by atoms with Gasteiger partial charge in [-0.25, -0.2) is 0 Å². The molecule has 216 valence electrons. The Morgan fingerprint density at radius 1 is 1.15 bits per heavy atom. The summed E-state index contributed by atoms with van der Waals surface area (Å²) in [6, 6.07) is 13.1. The van der Waals surface area contributed by atoms with E-state index in [9.17, 15) is 14.4 Å². The molecule has 2 atom stereocenters. The van der Waals surface area contributed by atoms with Crippen LogP contribution in [0.5, 0.6) is 5.88 Å². The number of fused-ring (bicyclic) bond motifs is 1. The first kappa shape index (κ1) is 28.2. The molecule has 2 N–H and O–H groups in total. The first-order valence-electron chi connectivity index (χ1n) is 13.9. The summed E-state index contributed by atoms with van der Waals surface area (Å²) < 4.78 is 17.4. The molecule has 0 spiro atoms. The third kappa shape index (κ3) is 6.35. The lowest BCUT2D eigenvalue weighted by atomic mass is 9.96. The normalized spacial score (nSPS) is 17.4. The van der Waals surface area contributed by atoms with Crippen molar-refractivity contribution in [1.29, 1.82) is 0 Å². The van der Waals surface area contributed by atoms with E-state index in [-0.39, 0.29) is 41.0 Å². The van der Waals surface area contributed by atoms with E-state index in [0.717, 1.165) is 5.56 Å². The largest absolute Gasteiger partial charge is 0.476 e. The molecule has 0 bridgehead atoms. The number of anilines is 2. The Labute approximate surface area is 238 Å². The van der Waals surface area contributed by atoms with Gasteiger partial charge in [-0.15, -0.1) is 0 Å². The first-order chi connectivity index (χ1) is 19.8. The summed E-state index contributed by atoms with van der Waals surface area (Å²) in [5.74, 6) is 0.600. The van der Waals surface area contributed by atoms with E-state index >= 15 is 0 Å². The number of pyridine rings is 1. The molecule has 1 fully saturated rings. The molecule has 0 radical (unpaired) electrons. The van der Waals surface area contributed by atoms with Crippen molar-refractivity contribution in [2.75, 3.05) is 43.0 Å². The van der Waals surface area contributed by atoms with Crippen molar-refractivity contribution in [2.45, 2.75) is 45.9 Å². The summed E-state index contributed by atoms with van der Waals surface area (Å²) >= 11 is 0. The fourth-order valence-electron chi connectivity index (χ4n) is 5.05. The van der Waals surface area contributed by atoms with Gasteiger partial charge in [-0.05, 0) is 31.5 Å². The highest BCUT2D eigenvalue weighted by Gasteiger charge is 2.35. The lowest BCUT2D eigenvalue weighted by Gasteiger charge is -2.35. The molecule has 3 amide bonds. The second kappa shape index (κ2) is 12.4. The molecule has 4 heterocycles. The zero-order valence-electron chi connectivity index (χ0n) is 23.5. The zero-order chi connectivity index (χ0) is 28.9. The average molecular weight is 562 g/mol. The van der Waals surface area contributed by atoms with Crippen LogP contribution in [0.15, 0.2) is 53.1 Å². The minimum absolute atomic E-state index is 0.0576. The minimum Gasteiger partial charge on any atom is -0.476 e. The maximum Gasteiger partial charge on any atom is 0.259 e. The van der Waals surface area contributed by atoms with Gasteiger partial charge in [0, 0.05) is 39.5 Å². The van der Waals surface area contributed by atoms with Crippen LogP contribution in [-0.4, -0.2) is 72.5 Å². The number of hydrogen-bond acceptors (Lipinski definition) is 8. The van der Waals surface area contributed by atoms with Crippen LogP contribution >= 0.6 is 0 Å². The topological polar surface area (TPSA) is 126 Å². The number of carbonyl (C=O) groups is 3. The van der Waals surface area contributed by atoms with E-state index in [1.165, 1.54) is 6.26 Å². The van der Waals surface area contributed by atoms with Crippen molar-refractivity contribution in [3.63, 3.8) is 0 Å². The number of carbonyl (C=O) groups excluding carboxylic acids is 3. The van der Waals surface area contributed by atoms with Crippen LogP contribution in [0.25, 0.3) is 0 Å². The number of rotatable bonds is 9. The van der Waals surface area contributed by atoms with Crippen LogP contribution in [0, 0.1) is 0 Å². The summed E-state index contributed by atoms with van der Waals surface area (Å²) in [5.41, 5.74) is 1.79. The zero-order valence-corrected chi connectivity index (χ0v) is 23.5. The third-order valence-electron chi connectivity index (χ3n) is 7.41. The molecule has 3 aromatic rings. The van der Waals surface area contributed by atoms with Gasteiger partial charge in [0.05, 0.1) is 36.5 Å². The SMILES string of the molecule is CCOc1nc(N2CCN(C(C)=O)CC2)ccc1NC(=O)c1coc2c1C(=O)NC([C@@H](C)OCc1ccccc1)C2.